The van der Waals surface area contributed by atoms with Crippen LogP contribution in [0, 0.1) is 5.82 Å². The Labute approximate surface area is 136 Å². The lowest BCUT2D eigenvalue weighted by atomic mass is 10.1. The minimum atomic E-state index is -5.00. The highest BCUT2D eigenvalue weighted by molar-refractivity contribution is 7.89. The second kappa shape index (κ2) is 7.18. The first-order valence-electron chi connectivity index (χ1n) is 6.76. The third-order valence-electron chi connectivity index (χ3n) is 2.98. The summed E-state index contributed by atoms with van der Waals surface area (Å²) in [6.45, 7) is -0.0612. The average molecular weight is 363 g/mol. The number of hydrogen-bond acceptors (Lipinski definition) is 3. The molecule has 9 heteroatoms. The second-order valence-corrected chi connectivity index (χ2v) is 6.50. The van der Waals surface area contributed by atoms with Gasteiger partial charge in [0.1, 0.15) is 16.5 Å². The number of ether oxygens (including phenoxy) is 1. The van der Waals surface area contributed by atoms with Crippen LogP contribution in [0.1, 0.15) is 5.56 Å². The van der Waals surface area contributed by atoms with Crippen LogP contribution in [0.5, 0.6) is 5.75 Å². The fraction of sp³-hybridized carbons (Fsp3) is 0.200. The van der Waals surface area contributed by atoms with Crippen molar-refractivity contribution in [3.8, 4) is 5.75 Å². The number of nitrogens with one attached hydrogen (secondary N) is 1. The third-order valence-corrected chi connectivity index (χ3v) is 4.48. The Morgan fingerprint density at radius 1 is 1.00 bits per heavy atom. The van der Waals surface area contributed by atoms with Crippen LogP contribution in [0.15, 0.2) is 53.4 Å². The molecule has 0 unspecified atom stereocenters. The molecule has 0 spiro atoms. The Balaban J connectivity index is 2.09. The fourth-order valence-electron chi connectivity index (χ4n) is 1.94. The first kappa shape index (κ1) is 18.2. The van der Waals surface area contributed by atoms with Crippen molar-refractivity contribution in [3.63, 3.8) is 0 Å². The molecule has 0 atom stereocenters. The molecule has 4 nitrogen and oxygen atoms in total. The molecule has 130 valence electrons. The monoisotopic (exact) mass is 363 g/mol. The summed E-state index contributed by atoms with van der Waals surface area (Å²) in [6, 6.07) is 9.90. The molecule has 0 radical (unpaired) electrons. The molecule has 2 aromatic carbocycles. The van der Waals surface area contributed by atoms with E-state index in [0.717, 1.165) is 12.1 Å². The van der Waals surface area contributed by atoms with Gasteiger partial charge >= 0.3 is 6.36 Å². The normalized spacial score (nSPS) is 12.2. The van der Waals surface area contributed by atoms with E-state index in [1.807, 2.05) is 0 Å². The first-order valence-corrected chi connectivity index (χ1v) is 8.24. The van der Waals surface area contributed by atoms with Crippen molar-refractivity contribution in [2.45, 2.75) is 17.7 Å². The van der Waals surface area contributed by atoms with E-state index < -0.39 is 32.8 Å². The van der Waals surface area contributed by atoms with Crippen LogP contribution in [0.25, 0.3) is 0 Å². The van der Waals surface area contributed by atoms with Crippen LogP contribution < -0.4 is 9.46 Å². The lowest BCUT2D eigenvalue weighted by molar-refractivity contribution is -0.275. The standard InChI is InChI=1S/C15H13F4NO3S/c16-12-7-5-11(6-8-12)9-10-20-24(21,22)14-4-2-1-3-13(14)23-15(17,18)19/h1-8,20H,9-10H2. The minimum Gasteiger partial charge on any atom is -0.404 e. The highest BCUT2D eigenvalue weighted by Gasteiger charge is 2.33. The number of sulfonamides is 1. The van der Waals surface area contributed by atoms with Crippen molar-refractivity contribution in [3.05, 3.63) is 59.9 Å². The summed E-state index contributed by atoms with van der Waals surface area (Å²) < 4.78 is 80.1. The van der Waals surface area contributed by atoms with Gasteiger partial charge < -0.3 is 4.74 Å². The molecule has 24 heavy (non-hydrogen) atoms. The predicted octanol–water partition coefficient (Wildman–Crippen LogP) is 3.25. The van der Waals surface area contributed by atoms with E-state index in [9.17, 15) is 26.0 Å². The largest absolute Gasteiger partial charge is 0.573 e. The SMILES string of the molecule is O=S(=O)(NCCc1ccc(F)cc1)c1ccccc1OC(F)(F)F. The molecule has 0 amide bonds. The van der Waals surface area contributed by atoms with E-state index in [4.69, 9.17) is 0 Å². The van der Waals surface area contributed by atoms with Gasteiger partial charge in [-0.25, -0.2) is 17.5 Å². The quantitative estimate of drug-likeness (QED) is 0.802. The molecule has 0 bridgehead atoms. The van der Waals surface area contributed by atoms with Crippen LogP contribution in [0.3, 0.4) is 0 Å². The van der Waals surface area contributed by atoms with Gasteiger partial charge in [0.25, 0.3) is 0 Å². The molecule has 0 aliphatic rings. The molecule has 0 heterocycles. The molecule has 0 aliphatic carbocycles. The maximum atomic E-state index is 12.8. The summed E-state index contributed by atoms with van der Waals surface area (Å²) in [4.78, 5) is -0.610. The Kier molecular flexibility index (Phi) is 5.45. The van der Waals surface area contributed by atoms with E-state index >= 15 is 0 Å². The Morgan fingerprint density at radius 2 is 1.62 bits per heavy atom. The molecule has 0 saturated heterocycles. The van der Waals surface area contributed by atoms with Crippen LogP contribution in [0.2, 0.25) is 0 Å². The molecule has 0 fully saturated rings. The van der Waals surface area contributed by atoms with Crippen molar-refractivity contribution in [1.82, 2.24) is 4.72 Å². The Bertz CT molecular complexity index is 789. The highest BCUT2D eigenvalue weighted by atomic mass is 32.2. The van der Waals surface area contributed by atoms with E-state index in [1.165, 1.54) is 36.4 Å². The summed E-state index contributed by atoms with van der Waals surface area (Å²) in [6.07, 6.45) is -4.75. The second-order valence-electron chi connectivity index (χ2n) is 4.77. The van der Waals surface area contributed by atoms with E-state index in [0.29, 0.717) is 5.56 Å². The molecular formula is C15H13F4NO3S. The van der Waals surface area contributed by atoms with E-state index in [-0.39, 0.29) is 13.0 Å². The summed E-state index contributed by atoms with van der Waals surface area (Å²) in [7, 11) is -4.19. The Morgan fingerprint density at radius 3 is 2.25 bits per heavy atom. The van der Waals surface area contributed by atoms with Crippen molar-refractivity contribution < 1.29 is 30.7 Å². The Hall–Kier alpha value is -2.13. The third kappa shape index (κ3) is 5.20. The smallest absolute Gasteiger partial charge is 0.404 e. The lowest BCUT2D eigenvalue weighted by Crippen LogP contribution is -2.27. The van der Waals surface area contributed by atoms with Crippen molar-refractivity contribution in [2.24, 2.45) is 0 Å². The molecular weight excluding hydrogens is 350 g/mol. The molecule has 2 rings (SSSR count). The van der Waals surface area contributed by atoms with Gasteiger partial charge in [-0.2, -0.15) is 0 Å². The van der Waals surface area contributed by atoms with Crippen LogP contribution in [0.4, 0.5) is 17.6 Å². The van der Waals surface area contributed by atoms with Crippen LogP contribution in [-0.2, 0) is 16.4 Å². The summed E-state index contributed by atoms with van der Waals surface area (Å²) >= 11 is 0. The van der Waals surface area contributed by atoms with Gasteiger partial charge in [-0.1, -0.05) is 24.3 Å². The van der Waals surface area contributed by atoms with Gasteiger partial charge in [0.2, 0.25) is 10.0 Å². The number of benzene rings is 2. The molecule has 0 aliphatic heterocycles. The number of hydrogen-bond donors (Lipinski definition) is 1. The van der Waals surface area contributed by atoms with Crippen molar-refractivity contribution in [1.29, 1.82) is 0 Å². The maximum absolute atomic E-state index is 12.8. The molecule has 1 N–H and O–H groups in total. The number of alkyl halides is 3. The van der Waals surface area contributed by atoms with E-state index in [2.05, 4.69) is 9.46 Å². The van der Waals surface area contributed by atoms with Crippen LogP contribution >= 0.6 is 0 Å². The number of halogens is 4. The molecule has 2 aromatic rings. The number of rotatable bonds is 6. The van der Waals surface area contributed by atoms with Crippen LogP contribution in [-0.4, -0.2) is 21.3 Å². The van der Waals surface area contributed by atoms with Crippen molar-refractivity contribution in [2.75, 3.05) is 6.54 Å². The zero-order valence-electron chi connectivity index (χ0n) is 12.2. The topological polar surface area (TPSA) is 55.4 Å². The number of para-hydroxylation sites is 1. The van der Waals surface area contributed by atoms with Gasteiger partial charge in [-0.3, -0.25) is 0 Å². The summed E-state index contributed by atoms with van der Waals surface area (Å²) in [5.41, 5.74) is 0.680. The molecule has 0 saturated carbocycles. The van der Waals surface area contributed by atoms with Gasteiger partial charge in [0.15, 0.2) is 0 Å². The maximum Gasteiger partial charge on any atom is 0.573 e. The van der Waals surface area contributed by atoms with Gasteiger partial charge in [0.05, 0.1) is 0 Å². The molecule has 0 aromatic heterocycles. The zero-order valence-corrected chi connectivity index (χ0v) is 13.0. The average Bonchev–Trinajstić information content (AvgIpc) is 2.48. The predicted molar refractivity (Wildman–Crippen MR) is 78.4 cm³/mol. The van der Waals surface area contributed by atoms with Crippen molar-refractivity contribution >= 4 is 10.0 Å². The summed E-state index contributed by atoms with van der Waals surface area (Å²) in [5.74, 6) is -1.23. The van der Waals surface area contributed by atoms with Gasteiger partial charge in [-0.15, -0.1) is 13.2 Å². The minimum absolute atomic E-state index is 0.0612. The zero-order chi connectivity index (χ0) is 17.8. The van der Waals surface area contributed by atoms with E-state index in [1.54, 1.807) is 0 Å². The van der Waals surface area contributed by atoms with Gasteiger partial charge in [-0.05, 0) is 36.2 Å². The first-order chi connectivity index (χ1) is 11.2. The highest BCUT2D eigenvalue weighted by Crippen LogP contribution is 2.29. The fourth-order valence-corrected chi connectivity index (χ4v) is 3.10. The lowest BCUT2D eigenvalue weighted by Gasteiger charge is -2.14. The summed E-state index contributed by atoms with van der Waals surface area (Å²) in [5, 5.41) is 0. The van der Waals surface area contributed by atoms with Gasteiger partial charge in [0, 0.05) is 6.54 Å².